The van der Waals surface area contributed by atoms with Crippen LogP contribution >= 0.6 is 0 Å². The van der Waals surface area contributed by atoms with E-state index in [-0.39, 0.29) is 11.6 Å². The van der Waals surface area contributed by atoms with Crippen LogP contribution in [-0.2, 0) is 30.3 Å². The van der Waals surface area contributed by atoms with Crippen LogP contribution in [0.1, 0.15) is 62.6 Å². The summed E-state index contributed by atoms with van der Waals surface area (Å²) < 4.78 is 30.9. The number of ketones is 1. The van der Waals surface area contributed by atoms with E-state index in [0.717, 1.165) is 12.0 Å². The lowest BCUT2D eigenvalue weighted by molar-refractivity contribution is -0.149. The minimum absolute atomic E-state index is 0.110. The van der Waals surface area contributed by atoms with Gasteiger partial charge in [0.1, 0.15) is 0 Å². The first-order chi connectivity index (χ1) is 17.0. The van der Waals surface area contributed by atoms with Gasteiger partial charge in [0.25, 0.3) is 23.5 Å². The molecule has 0 unspecified atom stereocenters. The predicted molar refractivity (Wildman–Crippen MR) is 126 cm³/mol. The van der Waals surface area contributed by atoms with Crippen LogP contribution in [0.5, 0.6) is 0 Å². The predicted octanol–water partition coefficient (Wildman–Crippen LogP) is 3.06. The van der Waals surface area contributed by atoms with Crippen LogP contribution in [0.25, 0.3) is 0 Å². The average Bonchev–Trinajstić information content (AvgIpc) is 3.49. The third-order valence-electron chi connectivity index (χ3n) is 7.05. The Morgan fingerprint density at radius 2 is 1.78 bits per heavy atom. The summed E-state index contributed by atoms with van der Waals surface area (Å²) in [5, 5.41) is 12.9. The Hall–Kier alpha value is -3.89. The molecule has 11 heteroatoms. The van der Waals surface area contributed by atoms with Crippen molar-refractivity contribution < 1.29 is 23.2 Å². The van der Waals surface area contributed by atoms with Crippen molar-refractivity contribution >= 4 is 23.3 Å². The number of nitrogens with zero attached hydrogens (tertiary/aromatic N) is 4. The molecule has 2 N–H and O–H groups in total. The van der Waals surface area contributed by atoms with Crippen molar-refractivity contribution in [3.63, 3.8) is 0 Å². The van der Waals surface area contributed by atoms with Crippen LogP contribution < -0.4 is 10.6 Å². The van der Waals surface area contributed by atoms with Gasteiger partial charge in [-0.2, -0.15) is 0 Å². The van der Waals surface area contributed by atoms with Gasteiger partial charge in [0.05, 0.1) is 28.7 Å². The third-order valence-corrected chi connectivity index (χ3v) is 7.05. The summed E-state index contributed by atoms with van der Waals surface area (Å²) in [7, 11) is 1.54. The molecule has 5 rings (SSSR count). The molecule has 0 radical (unpaired) electrons. The fraction of sp³-hybridized carbons (Fsp3) is 0.400. The summed E-state index contributed by atoms with van der Waals surface area (Å²) in [6, 6.07) is 7.34. The van der Waals surface area contributed by atoms with Gasteiger partial charge in [0, 0.05) is 37.8 Å². The summed E-state index contributed by atoms with van der Waals surface area (Å²) in [4.78, 5) is 39.8. The van der Waals surface area contributed by atoms with Gasteiger partial charge in [-0.1, -0.05) is 22.9 Å². The SMILES string of the molecule is Cc1ccc(NC(=O)c2c(C)c(C(=O)C(=O)NC3(c4cnnn4C)CC(F)(F)C3)n3c2CCC3)cc1. The van der Waals surface area contributed by atoms with E-state index in [0.29, 0.717) is 41.2 Å². The minimum atomic E-state index is -2.98. The van der Waals surface area contributed by atoms with E-state index in [1.165, 1.54) is 17.9 Å². The molecular weight excluding hydrogens is 470 g/mol. The molecular formula is C25H26F2N6O3. The zero-order valence-corrected chi connectivity index (χ0v) is 20.2. The monoisotopic (exact) mass is 496 g/mol. The second-order valence-corrected chi connectivity index (χ2v) is 9.69. The number of hydrogen-bond donors (Lipinski definition) is 2. The minimum Gasteiger partial charge on any atom is -0.341 e. The number of carbonyl (C=O) groups is 3. The quantitative estimate of drug-likeness (QED) is 0.403. The molecule has 188 valence electrons. The highest BCUT2D eigenvalue weighted by Crippen LogP contribution is 2.51. The number of amides is 2. The lowest BCUT2D eigenvalue weighted by Crippen LogP contribution is -2.61. The van der Waals surface area contributed by atoms with Crippen LogP contribution in [0, 0.1) is 13.8 Å². The van der Waals surface area contributed by atoms with Crippen molar-refractivity contribution in [2.75, 3.05) is 5.32 Å². The molecule has 9 nitrogen and oxygen atoms in total. The molecule has 0 spiro atoms. The number of halogens is 2. The van der Waals surface area contributed by atoms with E-state index in [9.17, 15) is 23.2 Å². The van der Waals surface area contributed by atoms with E-state index in [1.54, 1.807) is 23.6 Å². The number of anilines is 1. The highest BCUT2D eigenvalue weighted by Gasteiger charge is 2.60. The molecule has 1 aliphatic heterocycles. The van der Waals surface area contributed by atoms with Crippen LogP contribution in [0.15, 0.2) is 30.5 Å². The van der Waals surface area contributed by atoms with Crippen LogP contribution in [0.2, 0.25) is 0 Å². The topological polar surface area (TPSA) is 111 Å². The number of alkyl halides is 2. The lowest BCUT2D eigenvalue weighted by atomic mass is 9.71. The summed E-state index contributed by atoms with van der Waals surface area (Å²) in [5.41, 5.74) is 2.07. The summed E-state index contributed by atoms with van der Waals surface area (Å²) >= 11 is 0. The molecule has 1 fully saturated rings. The van der Waals surface area contributed by atoms with Crippen molar-refractivity contribution in [3.05, 3.63) is 64.2 Å². The van der Waals surface area contributed by atoms with Gasteiger partial charge in [-0.05, 0) is 44.4 Å². The maximum absolute atomic E-state index is 13.9. The Morgan fingerprint density at radius 3 is 2.39 bits per heavy atom. The molecule has 2 amide bonds. The Labute approximate surface area is 205 Å². The summed E-state index contributed by atoms with van der Waals surface area (Å²) in [5.74, 6) is -5.21. The second-order valence-electron chi connectivity index (χ2n) is 9.69. The third kappa shape index (κ3) is 3.88. The van der Waals surface area contributed by atoms with E-state index in [4.69, 9.17) is 0 Å². The van der Waals surface area contributed by atoms with Crippen LogP contribution in [0.4, 0.5) is 14.5 Å². The van der Waals surface area contributed by atoms with E-state index < -0.39 is 36.0 Å². The van der Waals surface area contributed by atoms with Gasteiger partial charge in [0.2, 0.25) is 0 Å². The zero-order chi connectivity index (χ0) is 25.8. The number of rotatable bonds is 6. The fourth-order valence-electron chi connectivity index (χ4n) is 5.41. The summed E-state index contributed by atoms with van der Waals surface area (Å²) in [6.45, 7) is 4.06. The molecule has 1 aromatic carbocycles. The summed E-state index contributed by atoms with van der Waals surface area (Å²) in [6.07, 6.45) is 1.31. The molecule has 0 saturated heterocycles. The number of fused-ring (bicyclic) bond motifs is 1. The number of benzene rings is 1. The normalized spacial score (nSPS) is 17.2. The number of Topliss-reactive ketones (excluding diaryl/α,β-unsaturated/α-hetero) is 1. The number of aryl methyl sites for hydroxylation is 2. The fourth-order valence-corrected chi connectivity index (χ4v) is 5.41. The van der Waals surface area contributed by atoms with E-state index >= 15 is 0 Å². The number of hydrogen-bond acceptors (Lipinski definition) is 5. The van der Waals surface area contributed by atoms with E-state index in [2.05, 4.69) is 20.9 Å². The van der Waals surface area contributed by atoms with Gasteiger partial charge < -0.3 is 15.2 Å². The molecule has 1 aliphatic carbocycles. The Balaban J connectivity index is 1.44. The Kier molecular flexibility index (Phi) is 5.53. The number of aromatic nitrogens is 4. The van der Waals surface area contributed by atoms with Crippen LogP contribution in [0.3, 0.4) is 0 Å². The number of carbonyl (C=O) groups excluding carboxylic acids is 3. The molecule has 2 aromatic heterocycles. The van der Waals surface area contributed by atoms with Crippen molar-refractivity contribution in [2.45, 2.75) is 57.5 Å². The van der Waals surface area contributed by atoms with Crippen molar-refractivity contribution in [3.8, 4) is 0 Å². The number of nitrogens with one attached hydrogen (secondary N) is 2. The smallest absolute Gasteiger partial charge is 0.294 e. The van der Waals surface area contributed by atoms with Crippen molar-refractivity contribution in [2.24, 2.45) is 7.05 Å². The van der Waals surface area contributed by atoms with Gasteiger partial charge >= 0.3 is 0 Å². The van der Waals surface area contributed by atoms with Crippen LogP contribution in [-0.4, -0.2) is 43.1 Å². The molecule has 0 atom stereocenters. The second kappa shape index (κ2) is 8.35. The molecule has 0 bridgehead atoms. The molecule has 3 aromatic rings. The van der Waals surface area contributed by atoms with Gasteiger partial charge in [-0.3, -0.25) is 19.1 Å². The maximum Gasteiger partial charge on any atom is 0.294 e. The highest BCUT2D eigenvalue weighted by molar-refractivity contribution is 6.43. The maximum atomic E-state index is 13.9. The molecule has 36 heavy (non-hydrogen) atoms. The first kappa shape index (κ1) is 23.8. The highest BCUT2D eigenvalue weighted by atomic mass is 19.3. The molecule has 2 aliphatic rings. The van der Waals surface area contributed by atoms with Gasteiger partial charge in [0.15, 0.2) is 0 Å². The first-order valence-electron chi connectivity index (χ1n) is 11.7. The zero-order valence-electron chi connectivity index (χ0n) is 20.2. The standard InChI is InChI=1S/C25H26F2N6O3/c1-14-6-8-16(9-7-14)29-22(35)19-15(2)20(33-10-4-5-17(19)33)21(34)23(36)30-24(12-25(26,27)13-24)18-11-28-31-32(18)3/h6-9,11H,4-5,10,12-13H2,1-3H3,(H,29,35)(H,30,36). The van der Waals surface area contributed by atoms with Gasteiger partial charge in [-0.25, -0.2) is 8.78 Å². The van der Waals surface area contributed by atoms with Gasteiger partial charge in [-0.15, -0.1) is 5.10 Å². The van der Waals surface area contributed by atoms with E-state index in [1.807, 2.05) is 19.1 Å². The Morgan fingerprint density at radius 1 is 1.08 bits per heavy atom. The lowest BCUT2D eigenvalue weighted by Gasteiger charge is -2.47. The van der Waals surface area contributed by atoms with Crippen molar-refractivity contribution in [1.82, 2.24) is 24.9 Å². The first-order valence-corrected chi connectivity index (χ1v) is 11.7. The Bertz CT molecular complexity index is 1380. The molecule has 1 saturated carbocycles. The van der Waals surface area contributed by atoms with Crippen molar-refractivity contribution in [1.29, 1.82) is 0 Å². The largest absolute Gasteiger partial charge is 0.341 e. The average molecular weight is 497 g/mol. The molecule has 3 heterocycles.